The second-order valence-corrected chi connectivity index (χ2v) is 3.37. The molecule has 5 nitrogen and oxygen atoms in total. The van der Waals surface area contributed by atoms with Crippen LogP contribution in [-0.2, 0) is 4.79 Å². The van der Waals surface area contributed by atoms with Gasteiger partial charge in [0.05, 0.1) is 12.8 Å². The van der Waals surface area contributed by atoms with Gasteiger partial charge >= 0.3 is 5.97 Å². The topological polar surface area (TPSA) is 75.8 Å². The van der Waals surface area contributed by atoms with Crippen LogP contribution in [0.2, 0.25) is 0 Å². The van der Waals surface area contributed by atoms with Gasteiger partial charge in [0.1, 0.15) is 11.8 Å². The summed E-state index contributed by atoms with van der Waals surface area (Å²) in [6.07, 6.45) is 0. The van der Waals surface area contributed by atoms with Crippen LogP contribution in [0.1, 0.15) is 0 Å². The predicted octanol–water partition coefficient (Wildman–Crippen LogP) is 0.543. The van der Waals surface area contributed by atoms with E-state index in [9.17, 15) is 4.79 Å². The van der Waals surface area contributed by atoms with Crippen molar-refractivity contribution in [3.05, 3.63) is 24.3 Å². The lowest BCUT2D eigenvalue weighted by Gasteiger charge is -2.26. The minimum Gasteiger partial charge on any atom is -0.495 e. The van der Waals surface area contributed by atoms with Gasteiger partial charge in [-0.2, -0.15) is 0 Å². The minimum atomic E-state index is -0.948. The highest BCUT2D eigenvalue weighted by molar-refractivity contribution is 5.79. The van der Waals surface area contributed by atoms with E-state index in [2.05, 4.69) is 0 Å². The summed E-state index contributed by atoms with van der Waals surface area (Å²) >= 11 is 0. The number of hydrogen-bond donors (Lipinski definition) is 2. The first-order valence-electron chi connectivity index (χ1n) is 4.90. The third-order valence-corrected chi connectivity index (χ3v) is 2.44. The van der Waals surface area contributed by atoms with Crippen LogP contribution in [0.3, 0.4) is 0 Å². The molecule has 1 rings (SSSR count). The van der Waals surface area contributed by atoms with E-state index in [0.29, 0.717) is 11.4 Å². The fourth-order valence-electron chi connectivity index (χ4n) is 1.51. The van der Waals surface area contributed by atoms with Crippen molar-refractivity contribution in [1.82, 2.24) is 0 Å². The Morgan fingerprint density at radius 1 is 1.56 bits per heavy atom. The Labute approximate surface area is 94.4 Å². The molecule has 0 heterocycles. The van der Waals surface area contributed by atoms with Gasteiger partial charge in [-0.05, 0) is 12.1 Å². The highest BCUT2D eigenvalue weighted by Gasteiger charge is 2.22. The number of para-hydroxylation sites is 2. The van der Waals surface area contributed by atoms with Crippen LogP contribution in [0.25, 0.3) is 0 Å². The summed E-state index contributed by atoms with van der Waals surface area (Å²) in [4.78, 5) is 12.6. The van der Waals surface area contributed by atoms with Crippen LogP contribution in [0.5, 0.6) is 5.75 Å². The van der Waals surface area contributed by atoms with Crippen LogP contribution < -0.4 is 15.4 Å². The molecule has 0 aliphatic heterocycles. The number of anilines is 1. The van der Waals surface area contributed by atoms with Crippen molar-refractivity contribution in [3.8, 4) is 5.75 Å². The van der Waals surface area contributed by atoms with Crippen molar-refractivity contribution in [1.29, 1.82) is 0 Å². The Morgan fingerprint density at radius 3 is 2.69 bits per heavy atom. The maximum absolute atomic E-state index is 11.0. The van der Waals surface area contributed by atoms with Crippen LogP contribution in [0.4, 0.5) is 5.69 Å². The fraction of sp³-hybridized carbons (Fsp3) is 0.364. The fourth-order valence-corrected chi connectivity index (χ4v) is 1.51. The van der Waals surface area contributed by atoms with Gasteiger partial charge in [0.15, 0.2) is 0 Å². The molecule has 0 spiro atoms. The van der Waals surface area contributed by atoms with Gasteiger partial charge in [-0.3, -0.25) is 0 Å². The Balaban J connectivity index is 3.02. The molecule has 0 bridgehead atoms. The molecule has 0 aliphatic carbocycles. The molecule has 0 aliphatic rings. The quantitative estimate of drug-likeness (QED) is 0.763. The lowest BCUT2D eigenvalue weighted by atomic mass is 10.2. The van der Waals surface area contributed by atoms with E-state index < -0.39 is 12.0 Å². The first-order valence-corrected chi connectivity index (χ1v) is 4.90. The lowest BCUT2D eigenvalue weighted by Crippen LogP contribution is -2.44. The van der Waals surface area contributed by atoms with Crippen molar-refractivity contribution >= 4 is 11.7 Å². The first kappa shape index (κ1) is 12.3. The number of benzene rings is 1. The minimum absolute atomic E-state index is 0.0455. The van der Waals surface area contributed by atoms with Gasteiger partial charge in [-0.15, -0.1) is 0 Å². The second kappa shape index (κ2) is 5.37. The van der Waals surface area contributed by atoms with Crippen molar-refractivity contribution < 1.29 is 14.6 Å². The second-order valence-electron chi connectivity index (χ2n) is 3.37. The summed E-state index contributed by atoms with van der Waals surface area (Å²) in [7, 11) is 3.23. The van der Waals surface area contributed by atoms with Crippen molar-refractivity contribution in [2.45, 2.75) is 6.04 Å². The van der Waals surface area contributed by atoms with E-state index in [1.807, 2.05) is 12.1 Å². The summed E-state index contributed by atoms with van der Waals surface area (Å²) in [6.45, 7) is 0.0455. The molecule has 5 heteroatoms. The number of carbonyl (C=O) groups is 1. The average molecular weight is 224 g/mol. The number of hydrogen-bond acceptors (Lipinski definition) is 4. The van der Waals surface area contributed by atoms with Crippen molar-refractivity contribution in [2.75, 3.05) is 25.6 Å². The zero-order valence-electron chi connectivity index (χ0n) is 9.38. The lowest BCUT2D eigenvalue weighted by molar-refractivity contribution is -0.138. The molecule has 1 aromatic carbocycles. The molecular weight excluding hydrogens is 208 g/mol. The van der Waals surface area contributed by atoms with E-state index in [1.54, 1.807) is 31.2 Å². The maximum atomic E-state index is 11.0. The SMILES string of the molecule is COc1ccccc1N(C)C(CN)C(=O)O. The van der Waals surface area contributed by atoms with Gasteiger partial charge in [0.2, 0.25) is 0 Å². The van der Waals surface area contributed by atoms with E-state index in [4.69, 9.17) is 15.6 Å². The zero-order valence-corrected chi connectivity index (χ0v) is 9.38. The van der Waals surface area contributed by atoms with Crippen molar-refractivity contribution in [2.24, 2.45) is 5.73 Å². The van der Waals surface area contributed by atoms with Gasteiger partial charge in [0, 0.05) is 13.6 Å². The highest BCUT2D eigenvalue weighted by Crippen LogP contribution is 2.27. The average Bonchev–Trinajstić information content (AvgIpc) is 2.29. The summed E-state index contributed by atoms with van der Waals surface area (Å²) in [5, 5.41) is 9.01. The summed E-state index contributed by atoms with van der Waals surface area (Å²) in [5.41, 5.74) is 6.15. The predicted molar refractivity (Wildman–Crippen MR) is 61.9 cm³/mol. The molecule has 1 atom stereocenters. The number of nitrogens with zero attached hydrogens (tertiary/aromatic N) is 1. The number of rotatable bonds is 5. The number of carboxylic acids is 1. The van der Waals surface area contributed by atoms with Crippen molar-refractivity contribution in [3.63, 3.8) is 0 Å². The smallest absolute Gasteiger partial charge is 0.327 e. The van der Waals surface area contributed by atoms with E-state index >= 15 is 0 Å². The number of likely N-dealkylation sites (N-methyl/N-ethyl adjacent to an activating group) is 1. The van der Waals surface area contributed by atoms with Gasteiger partial charge < -0.3 is 20.5 Å². The summed E-state index contributed by atoms with van der Waals surface area (Å²) < 4.78 is 5.17. The van der Waals surface area contributed by atoms with Crippen LogP contribution in [0.15, 0.2) is 24.3 Å². The molecule has 0 fully saturated rings. The number of nitrogens with two attached hydrogens (primary N) is 1. The molecule has 16 heavy (non-hydrogen) atoms. The molecule has 0 saturated carbocycles. The van der Waals surface area contributed by atoms with E-state index in [0.717, 1.165) is 0 Å². The largest absolute Gasteiger partial charge is 0.495 e. The normalized spacial score (nSPS) is 11.9. The van der Waals surface area contributed by atoms with E-state index in [-0.39, 0.29) is 6.54 Å². The van der Waals surface area contributed by atoms with Gasteiger partial charge in [0.25, 0.3) is 0 Å². The molecule has 0 radical (unpaired) electrons. The third-order valence-electron chi connectivity index (χ3n) is 2.44. The van der Waals surface area contributed by atoms with E-state index in [1.165, 1.54) is 0 Å². The first-order chi connectivity index (χ1) is 7.61. The molecule has 88 valence electrons. The Bertz CT molecular complexity index is 368. The van der Waals surface area contributed by atoms with Crippen LogP contribution >= 0.6 is 0 Å². The highest BCUT2D eigenvalue weighted by atomic mass is 16.5. The number of aliphatic carboxylic acids is 1. The maximum Gasteiger partial charge on any atom is 0.327 e. The van der Waals surface area contributed by atoms with Crippen LogP contribution in [0, 0.1) is 0 Å². The molecule has 0 saturated heterocycles. The standard InChI is InChI=1S/C11H16N2O3/c1-13(9(7-12)11(14)15)8-5-3-4-6-10(8)16-2/h3-6,9H,7,12H2,1-2H3,(H,14,15). The molecule has 3 N–H and O–H groups in total. The third kappa shape index (κ3) is 2.43. The number of carboxylic acid groups (broad SMARTS) is 1. The zero-order chi connectivity index (χ0) is 12.1. The van der Waals surface area contributed by atoms with Gasteiger partial charge in [-0.1, -0.05) is 12.1 Å². The van der Waals surface area contributed by atoms with Gasteiger partial charge in [-0.25, -0.2) is 4.79 Å². The summed E-state index contributed by atoms with van der Waals surface area (Å²) in [6, 6.07) is 6.47. The molecular formula is C11H16N2O3. The molecule has 1 aromatic rings. The Kier molecular flexibility index (Phi) is 4.13. The monoisotopic (exact) mass is 224 g/mol. The number of ether oxygens (including phenoxy) is 1. The Morgan fingerprint density at radius 2 is 2.19 bits per heavy atom. The number of methoxy groups -OCH3 is 1. The molecule has 1 unspecified atom stereocenters. The Hall–Kier alpha value is -1.75. The van der Waals surface area contributed by atoms with Crippen LogP contribution in [-0.4, -0.2) is 37.8 Å². The summed E-state index contributed by atoms with van der Waals surface area (Å²) in [5.74, 6) is -0.319. The molecule has 0 aromatic heterocycles. The molecule has 0 amide bonds.